The Morgan fingerprint density at radius 3 is 2.56 bits per heavy atom. The van der Waals surface area contributed by atoms with E-state index >= 15 is 0 Å². The minimum absolute atomic E-state index is 0.0552. The number of likely N-dealkylation sites (N-methyl/N-ethyl adjacent to an activating group) is 1. The van der Waals surface area contributed by atoms with Gasteiger partial charge in [0.25, 0.3) is 4.84 Å². The maximum absolute atomic E-state index is 12.0. The second kappa shape index (κ2) is 7.79. The summed E-state index contributed by atoms with van der Waals surface area (Å²) in [6, 6.07) is 7.36. The van der Waals surface area contributed by atoms with Gasteiger partial charge >= 0.3 is 0 Å². The summed E-state index contributed by atoms with van der Waals surface area (Å²) in [6.07, 6.45) is 0. The minimum atomic E-state index is -0.260. The van der Waals surface area contributed by atoms with Gasteiger partial charge in [-0.05, 0) is 64.3 Å². The van der Waals surface area contributed by atoms with Gasteiger partial charge in [0.15, 0.2) is 0 Å². The van der Waals surface area contributed by atoms with Gasteiger partial charge in [0, 0.05) is 11.1 Å². The molecule has 0 atom stereocenters. The fourth-order valence-corrected chi connectivity index (χ4v) is 2.40. The topological polar surface area (TPSA) is 72.5 Å². The van der Waals surface area contributed by atoms with Crippen molar-refractivity contribution in [2.24, 2.45) is 0 Å². The highest BCUT2D eigenvalue weighted by Crippen LogP contribution is 2.21. The second-order valence-corrected chi connectivity index (χ2v) is 7.20. The zero-order chi connectivity index (χ0) is 18.6. The molecule has 1 amide bonds. The molecule has 1 aromatic heterocycles. The van der Waals surface area contributed by atoms with Crippen LogP contribution >= 0.6 is 12.2 Å². The third-order valence-corrected chi connectivity index (χ3v) is 3.54. The SMILES string of the molecule is COc1ccc(-c2nn(CN(C)CC(=O)NC(C)(C)C)c(=S)o2)cc1. The number of methoxy groups -OCH3 is 1. The number of nitrogens with one attached hydrogen (secondary N) is 1. The van der Waals surface area contributed by atoms with E-state index in [1.807, 2.05) is 57.0 Å². The molecule has 1 heterocycles. The Morgan fingerprint density at radius 1 is 1.36 bits per heavy atom. The third-order valence-electron chi connectivity index (χ3n) is 3.25. The standard InChI is InChI=1S/C17H24N4O3S/c1-17(2,3)18-14(22)10-20(4)11-21-16(25)24-15(19-21)12-6-8-13(23-5)9-7-12/h6-9H,10-11H2,1-5H3,(H,18,22). The van der Waals surface area contributed by atoms with Gasteiger partial charge in [-0.3, -0.25) is 9.69 Å². The van der Waals surface area contributed by atoms with E-state index in [0.29, 0.717) is 12.6 Å². The van der Waals surface area contributed by atoms with Gasteiger partial charge in [0.05, 0.1) is 20.3 Å². The first-order chi connectivity index (χ1) is 11.7. The Labute approximate surface area is 152 Å². The number of nitrogens with zero attached hydrogens (tertiary/aromatic N) is 3. The van der Waals surface area contributed by atoms with Crippen molar-refractivity contribution in [2.45, 2.75) is 33.0 Å². The molecule has 8 heteroatoms. The molecule has 25 heavy (non-hydrogen) atoms. The number of rotatable bonds is 6. The van der Waals surface area contributed by atoms with Crippen molar-refractivity contribution in [1.29, 1.82) is 0 Å². The van der Waals surface area contributed by atoms with Crippen LogP contribution in [0.5, 0.6) is 5.75 Å². The number of hydrogen-bond donors (Lipinski definition) is 1. The Kier molecular flexibility index (Phi) is 5.97. The van der Waals surface area contributed by atoms with Crippen molar-refractivity contribution >= 4 is 18.1 Å². The molecule has 1 N–H and O–H groups in total. The van der Waals surface area contributed by atoms with Crippen LogP contribution in [-0.4, -0.2) is 46.8 Å². The average molecular weight is 364 g/mol. The lowest BCUT2D eigenvalue weighted by Gasteiger charge is -2.23. The fourth-order valence-electron chi connectivity index (χ4n) is 2.23. The van der Waals surface area contributed by atoms with E-state index in [2.05, 4.69) is 10.4 Å². The summed E-state index contributed by atoms with van der Waals surface area (Å²) in [4.78, 5) is 14.1. The van der Waals surface area contributed by atoms with Crippen LogP contribution in [0.2, 0.25) is 0 Å². The highest BCUT2D eigenvalue weighted by atomic mass is 32.1. The van der Waals surface area contributed by atoms with Crippen LogP contribution in [0.15, 0.2) is 28.7 Å². The molecule has 0 saturated heterocycles. The van der Waals surface area contributed by atoms with Crippen LogP contribution in [0.1, 0.15) is 20.8 Å². The zero-order valence-electron chi connectivity index (χ0n) is 15.2. The Bertz CT molecular complexity index is 774. The van der Waals surface area contributed by atoms with E-state index in [1.54, 1.807) is 11.8 Å². The Hall–Kier alpha value is -2.19. The fraction of sp³-hybridized carbons (Fsp3) is 0.471. The molecule has 2 aromatic rings. The molecule has 0 aliphatic carbocycles. The molecule has 136 valence electrons. The van der Waals surface area contributed by atoms with Crippen LogP contribution in [0.25, 0.3) is 11.5 Å². The molecule has 2 rings (SSSR count). The van der Waals surface area contributed by atoms with Crippen LogP contribution in [0.4, 0.5) is 0 Å². The summed E-state index contributed by atoms with van der Waals surface area (Å²) in [5, 5.41) is 7.31. The van der Waals surface area contributed by atoms with E-state index in [1.165, 1.54) is 0 Å². The molecule has 7 nitrogen and oxygen atoms in total. The Morgan fingerprint density at radius 2 is 2.00 bits per heavy atom. The van der Waals surface area contributed by atoms with E-state index < -0.39 is 0 Å². The summed E-state index contributed by atoms with van der Waals surface area (Å²) in [5.74, 6) is 1.13. The van der Waals surface area contributed by atoms with Gasteiger partial charge in [0.2, 0.25) is 11.8 Å². The predicted octanol–water partition coefficient (Wildman–Crippen LogP) is 2.69. The molecule has 0 saturated carbocycles. The van der Waals surface area contributed by atoms with Crippen molar-refractivity contribution in [2.75, 3.05) is 20.7 Å². The predicted molar refractivity (Wildman–Crippen MR) is 97.8 cm³/mol. The molecule has 0 bridgehead atoms. The molecule has 0 aliphatic rings. The molecule has 0 aliphatic heterocycles. The highest BCUT2D eigenvalue weighted by Gasteiger charge is 2.16. The number of carbonyl (C=O) groups is 1. The van der Waals surface area contributed by atoms with Crippen LogP contribution < -0.4 is 10.1 Å². The summed E-state index contributed by atoms with van der Waals surface area (Å²) in [5.41, 5.74) is 0.544. The smallest absolute Gasteiger partial charge is 0.288 e. The number of ether oxygens (including phenoxy) is 1. The largest absolute Gasteiger partial charge is 0.497 e. The molecular weight excluding hydrogens is 340 g/mol. The summed E-state index contributed by atoms with van der Waals surface area (Å²) < 4.78 is 12.3. The lowest BCUT2D eigenvalue weighted by Crippen LogP contribution is -2.45. The second-order valence-electron chi connectivity index (χ2n) is 6.85. The van der Waals surface area contributed by atoms with Gasteiger partial charge in [-0.1, -0.05) is 0 Å². The van der Waals surface area contributed by atoms with E-state index in [4.69, 9.17) is 21.4 Å². The molecule has 0 spiro atoms. The molecule has 0 radical (unpaired) electrons. The lowest BCUT2D eigenvalue weighted by molar-refractivity contribution is -0.123. The summed E-state index contributed by atoms with van der Waals surface area (Å²) in [6.45, 7) is 6.43. The van der Waals surface area contributed by atoms with Crippen LogP contribution in [0, 0.1) is 4.84 Å². The molecule has 0 fully saturated rings. The van der Waals surface area contributed by atoms with Gasteiger partial charge < -0.3 is 14.5 Å². The van der Waals surface area contributed by atoms with Gasteiger partial charge in [-0.25, -0.2) is 4.68 Å². The number of aromatic nitrogens is 2. The van der Waals surface area contributed by atoms with Crippen molar-refractivity contribution in [3.63, 3.8) is 0 Å². The van der Waals surface area contributed by atoms with Crippen LogP contribution in [-0.2, 0) is 11.5 Å². The normalized spacial score (nSPS) is 11.6. The lowest BCUT2D eigenvalue weighted by atomic mass is 10.1. The maximum Gasteiger partial charge on any atom is 0.288 e. The van der Waals surface area contributed by atoms with E-state index in [0.717, 1.165) is 11.3 Å². The average Bonchev–Trinajstić information content (AvgIpc) is 2.86. The molecule has 0 unspecified atom stereocenters. The van der Waals surface area contributed by atoms with Crippen molar-refractivity contribution in [1.82, 2.24) is 20.0 Å². The summed E-state index contributed by atoms with van der Waals surface area (Å²) in [7, 11) is 3.44. The first kappa shape index (κ1) is 19.1. The first-order valence-corrected chi connectivity index (χ1v) is 8.31. The van der Waals surface area contributed by atoms with Gasteiger partial charge in [-0.15, -0.1) is 5.10 Å². The monoisotopic (exact) mass is 364 g/mol. The number of carbonyl (C=O) groups excluding carboxylic acids is 1. The zero-order valence-corrected chi connectivity index (χ0v) is 16.0. The Balaban J connectivity index is 2.04. The van der Waals surface area contributed by atoms with Gasteiger partial charge in [-0.2, -0.15) is 0 Å². The van der Waals surface area contributed by atoms with Crippen LogP contribution in [0.3, 0.4) is 0 Å². The highest BCUT2D eigenvalue weighted by molar-refractivity contribution is 7.71. The van der Waals surface area contributed by atoms with Crippen molar-refractivity contribution in [3.05, 3.63) is 29.1 Å². The quantitative estimate of drug-likeness (QED) is 0.795. The van der Waals surface area contributed by atoms with Crippen molar-refractivity contribution < 1.29 is 13.9 Å². The first-order valence-electron chi connectivity index (χ1n) is 7.90. The molecular formula is C17H24N4O3S. The summed E-state index contributed by atoms with van der Waals surface area (Å²) >= 11 is 5.22. The molecule has 1 aromatic carbocycles. The minimum Gasteiger partial charge on any atom is -0.497 e. The third kappa shape index (κ3) is 5.68. The number of benzene rings is 1. The van der Waals surface area contributed by atoms with Crippen molar-refractivity contribution in [3.8, 4) is 17.2 Å². The van der Waals surface area contributed by atoms with E-state index in [9.17, 15) is 4.79 Å². The number of amides is 1. The number of hydrogen-bond acceptors (Lipinski definition) is 6. The van der Waals surface area contributed by atoms with Gasteiger partial charge in [0.1, 0.15) is 5.75 Å². The van der Waals surface area contributed by atoms with E-state index in [-0.39, 0.29) is 22.8 Å². The maximum atomic E-state index is 12.0.